The maximum atomic E-state index is 13.6. The number of carboxylic acids is 1. The van der Waals surface area contributed by atoms with Gasteiger partial charge in [-0.3, -0.25) is 24.2 Å². The van der Waals surface area contributed by atoms with E-state index >= 15 is 0 Å². The molecule has 4 amide bonds. The zero-order valence-electron chi connectivity index (χ0n) is 24.6. The summed E-state index contributed by atoms with van der Waals surface area (Å²) < 4.78 is 0. The van der Waals surface area contributed by atoms with Gasteiger partial charge >= 0.3 is 5.97 Å². The maximum Gasteiger partial charge on any atom is 0.326 e. The molecule has 0 aromatic heterocycles. The molecule has 0 unspecified atom stereocenters. The Morgan fingerprint density at radius 2 is 1.59 bits per heavy atom. The quantitative estimate of drug-likeness (QED) is 0.0561. The van der Waals surface area contributed by atoms with Crippen molar-refractivity contribution in [2.24, 2.45) is 34.0 Å². The number of nitrogens with two attached hydrogens (primary N) is 3. The monoisotopic (exact) mass is 584 g/mol. The van der Waals surface area contributed by atoms with Gasteiger partial charge in [0.15, 0.2) is 5.96 Å². The molecule has 1 heterocycles. The number of nitrogens with one attached hydrogen (secondary N) is 3. The minimum Gasteiger partial charge on any atom is -0.480 e. The van der Waals surface area contributed by atoms with Crippen LogP contribution < -0.4 is 33.2 Å². The Kier molecular flexibility index (Phi) is 14.5. The summed E-state index contributed by atoms with van der Waals surface area (Å²) >= 11 is 0. The number of guanidine groups is 1. The van der Waals surface area contributed by atoms with E-state index in [0.717, 1.165) is 0 Å². The van der Waals surface area contributed by atoms with E-state index in [0.29, 0.717) is 19.3 Å². The number of carboxylic acid groups (broad SMARTS) is 1. The topological polar surface area (TPSA) is 256 Å². The van der Waals surface area contributed by atoms with Crippen LogP contribution in [0.2, 0.25) is 0 Å². The van der Waals surface area contributed by atoms with E-state index in [-0.39, 0.29) is 37.8 Å². The van der Waals surface area contributed by atoms with Gasteiger partial charge in [-0.1, -0.05) is 27.7 Å². The van der Waals surface area contributed by atoms with Crippen LogP contribution in [0.5, 0.6) is 0 Å². The first kappa shape index (κ1) is 35.6. The molecule has 0 saturated carbocycles. The largest absolute Gasteiger partial charge is 0.480 e. The number of aliphatic carboxylic acids is 1. The molecule has 15 heteroatoms. The van der Waals surface area contributed by atoms with Crippen molar-refractivity contribution in [1.29, 1.82) is 0 Å². The number of carbonyl (C=O) groups is 5. The molecule has 15 nitrogen and oxygen atoms in total. The Bertz CT molecular complexity index is 952. The number of rotatable bonds is 16. The van der Waals surface area contributed by atoms with Gasteiger partial charge in [0.05, 0.1) is 12.1 Å². The summed E-state index contributed by atoms with van der Waals surface area (Å²) in [5, 5.41) is 27.3. The number of aliphatic hydroxyl groups excluding tert-OH is 1. The lowest BCUT2D eigenvalue weighted by Crippen LogP contribution is -2.61. The molecule has 1 aliphatic rings. The zero-order valence-corrected chi connectivity index (χ0v) is 24.6. The first-order valence-electron chi connectivity index (χ1n) is 14.0. The fourth-order valence-electron chi connectivity index (χ4n) is 4.52. The van der Waals surface area contributed by atoms with Crippen molar-refractivity contribution in [3.8, 4) is 0 Å². The van der Waals surface area contributed by atoms with Gasteiger partial charge in [0.2, 0.25) is 23.6 Å². The van der Waals surface area contributed by atoms with Gasteiger partial charge in [0.25, 0.3) is 0 Å². The summed E-state index contributed by atoms with van der Waals surface area (Å²) in [5.74, 6) is -4.18. The van der Waals surface area contributed by atoms with Gasteiger partial charge in [-0.05, 0) is 50.9 Å². The second kappa shape index (κ2) is 16.7. The van der Waals surface area contributed by atoms with Gasteiger partial charge in [-0.2, -0.15) is 0 Å². The van der Waals surface area contributed by atoms with Crippen LogP contribution in [0.3, 0.4) is 0 Å². The average molecular weight is 585 g/mol. The van der Waals surface area contributed by atoms with Crippen LogP contribution in [0, 0.1) is 11.8 Å². The number of nitrogens with zero attached hydrogens (tertiary/aromatic N) is 2. The number of hydrogen-bond acceptors (Lipinski definition) is 8. The molecule has 0 spiro atoms. The molecule has 0 bridgehead atoms. The summed E-state index contributed by atoms with van der Waals surface area (Å²) in [7, 11) is 0. The molecule has 1 aliphatic heterocycles. The van der Waals surface area contributed by atoms with E-state index in [9.17, 15) is 34.2 Å². The van der Waals surface area contributed by atoms with Crippen molar-refractivity contribution >= 4 is 35.6 Å². The number of carbonyl (C=O) groups excluding carboxylic acids is 4. The maximum absolute atomic E-state index is 13.6. The van der Waals surface area contributed by atoms with Gasteiger partial charge < -0.3 is 48.3 Å². The Balaban J connectivity index is 2.95. The fourth-order valence-corrected chi connectivity index (χ4v) is 4.52. The van der Waals surface area contributed by atoms with E-state index in [2.05, 4.69) is 20.9 Å². The van der Waals surface area contributed by atoms with E-state index in [4.69, 9.17) is 17.2 Å². The van der Waals surface area contributed by atoms with Gasteiger partial charge in [-0.15, -0.1) is 0 Å². The highest BCUT2D eigenvalue weighted by Gasteiger charge is 2.40. The molecule has 0 radical (unpaired) electrons. The van der Waals surface area contributed by atoms with Gasteiger partial charge in [-0.25, -0.2) is 4.79 Å². The lowest BCUT2D eigenvalue weighted by molar-refractivity contribution is -0.146. The molecule has 1 fully saturated rings. The number of hydrogen-bond donors (Lipinski definition) is 8. The smallest absolute Gasteiger partial charge is 0.326 e. The van der Waals surface area contributed by atoms with Crippen LogP contribution in [0.1, 0.15) is 66.7 Å². The van der Waals surface area contributed by atoms with Crippen molar-refractivity contribution < 1.29 is 34.2 Å². The lowest BCUT2D eigenvalue weighted by atomic mass is 10.0. The molecular formula is C26H48N8O7. The highest BCUT2D eigenvalue weighted by molar-refractivity contribution is 5.96. The first-order valence-corrected chi connectivity index (χ1v) is 14.0. The summed E-state index contributed by atoms with van der Waals surface area (Å²) in [5.41, 5.74) is 16.5. The second-order valence-corrected chi connectivity index (χ2v) is 11.2. The minimum atomic E-state index is -1.40. The fraction of sp³-hybridized carbons (Fsp3) is 0.769. The van der Waals surface area contributed by atoms with E-state index < -0.39 is 71.8 Å². The second-order valence-electron chi connectivity index (χ2n) is 11.2. The Hall–Kier alpha value is -3.46. The molecule has 234 valence electrons. The summed E-state index contributed by atoms with van der Waals surface area (Å²) in [6, 6.07) is -5.44. The minimum absolute atomic E-state index is 0.0276. The summed E-state index contributed by atoms with van der Waals surface area (Å²) in [6.07, 6.45) is 0.434. The van der Waals surface area contributed by atoms with Crippen molar-refractivity contribution in [3.05, 3.63) is 0 Å². The van der Waals surface area contributed by atoms with Crippen LogP contribution in [0.25, 0.3) is 0 Å². The third-order valence-corrected chi connectivity index (χ3v) is 6.76. The van der Waals surface area contributed by atoms with Crippen LogP contribution in [-0.4, -0.2) is 100 Å². The van der Waals surface area contributed by atoms with Crippen molar-refractivity contribution in [3.63, 3.8) is 0 Å². The molecule has 6 atom stereocenters. The number of likely N-dealkylation sites (tertiary alicyclic amines) is 1. The summed E-state index contributed by atoms with van der Waals surface area (Å²) in [6.45, 7) is 8.94. The standard InChI is InChI=1S/C26H48N8O7/c1-13(2)12-17(25(40)41)31-22(37)18-9-7-11-34(18)24(39)19(14(3)4)32-23(38)20(15(5)35)33-21(36)16(27)8-6-10-30-26(28)29/h13-20,35H,6-12,27H2,1-5H3,(H,31,37)(H,32,38)(H,33,36)(H,40,41)(H4,28,29,30)/t15-,16+,17+,18+,19+,20+/m1/s1. The van der Waals surface area contributed by atoms with Crippen LogP contribution in [0.4, 0.5) is 0 Å². The Morgan fingerprint density at radius 3 is 2.10 bits per heavy atom. The molecule has 0 aromatic carbocycles. The Labute approximate surface area is 241 Å². The predicted molar refractivity (Wildman–Crippen MR) is 152 cm³/mol. The number of aliphatic imine (C=N–C) groups is 1. The average Bonchev–Trinajstić information content (AvgIpc) is 3.36. The van der Waals surface area contributed by atoms with Crippen molar-refractivity contribution in [1.82, 2.24) is 20.9 Å². The lowest BCUT2D eigenvalue weighted by Gasteiger charge is -2.32. The van der Waals surface area contributed by atoms with Crippen LogP contribution in [0.15, 0.2) is 4.99 Å². The van der Waals surface area contributed by atoms with Crippen LogP contribution in [-0.2, 0) is 24.0 Å². The SMILES string of the molecule is CC(C)C[C@H](NC(=O)[C@@H]1CCCN1C(=O)[C@@H](NC(=O)[C@@H](NC(=O)[C@@H](N)CCCN=C(N)N)[C@@H](C)O)C(C)C)C(=O)O. The normalized spacial score (nSPS) is 18.7. The third-order valence-electron chi connectivity index (χ3n) is 6.76. The van der Waals surface area contributed by atoms with Gasteiger partial charge in [0, 0.05) is 13.1 Å². The Morgan fingerprint density at radius 1 is 0.976 bits per heavy atom. The van der Waals surface area contributed by atoms with E-state index in [1.54, 1.807) is 13.8 Å². The zero-order chi connectivity index (χ0) is 31.4. The molecule has 11 N–H and O–H groups in total. The van der Waals surface area contributed by atoms with Crippen molar-refractivity contribution in [2.75, 3.05) is 13.1 Å². The van der Waals surface area contributed by atoms with Gasteiger partial charge in [0.1, 0.15) is 24.2 Å². The third kappa shape index (κ3) is 11.5. The van der Waals surface area contributed by atoms with E-state index in [1.165, 1.54) is 11.8 Å². The molecule has 0 aromatic rings. The molecular weight excluding hydrogens is 536 g/mol. The first-order chi connectivity index (χ1) is 19.1. The predicted octanol–water partition coefficient (Wildman–Crippen LogP) is -2.02. The van der Waals surface area contributed by atoms with E-state index in [1.807, 2.05) is 13.8 Å². The molecule has 1 rings (SSSR count). The highest BCUT2D eigenvalue weighted by Crippen LogP contribution is 2.21. The number of amides is 4. The number of aliphatic hydroxyl groups is 1. The van der Waals surface area contributed by atoms with Crippen LogP contribution >= 0.6 is 0 Å². The highest BCUT2D eigenvalue weighted by atomic mass is 16.4. The molecule has 0 aliphatic carbocycles. The molecule has 41 heavy (non-hydrogen) atoms. The molecule has 1 saturated heterocycles. The van der Waals surface area contributed by atoms with Crippen molar-refractivity contribution in [2.45, 2.75) is 103 Å². The summed E-state index contributed by atoms with van der Waals surface area (Å²) in [4.78, 5) is 69.1.